The summed E-state index contributed by atoms with van der Waals surface area (Å²) in [6.07, 6.45) is 5.60. The summed E-state index contributed by atoms with van der Waals surface area (Å²) in [5.74, 6) is -1.69. The number of rotatable bonds is 9. The molecule has 1 aromatic rings. The van der Waals surface area contributed by atoms with E-state index in [1.165, 1.54) is 33.3 Å². The number of carbonyl (C=O) groups excluding carboxylic acids is 3. The standard InChI is InChI=1S/C24H29N3O6S/c1-4-10-32-22(30)20-18-15(13-26(23-25-9-12-34-23)24(31)33-11-5-2)7-6-8-16(18)19-17(14(3)28)21(29)27(19)20/h4-5,9,12,14-17,19,28H,1-2,6-8,10-11,13H2,3H3/t14-,15-,16+,17-,19-/m1/s1. The second-order valence-electron chi connectivity index (χ2n) is 8.68. The van der Waals surface area contributed by atoms with E-state index in [1.54, 1.807) is 18.5 Å². The Kier molecular flexibility index (Phi) is 7.18. The van der Waals surface area contributed by atoms with E-state index in [2.05, 4.69) is 18.1 Å². The molecule has 0 unspecified atom stereocenters. The Labute approximate surface area is 202 Å². The van der Waals surface area contributed by atoms with Crippen LogP contribution in [0.25, 0.3) is 0 Å². The minimum absolute atomic E-state index is 0.0244. The van der Waals surface area contributed by atoms with Crippen LogP contribution in [0.5, 0.6) is 0 Å². The number of thiazole rings is 1. The van der Waals surface area contributed by atoms with E-state index >= 15 is 0 Å². The minimum atomic E-state index is -0.820. The monoisotopic (exact) mass is 487 g/mol. The SMILES string of the molecule is C=CCOC(=O)C1=C2[C@@H](CN(C(=O)OCC=C)c3nccs3)CCC[C@@H]2[C@@H]2[C@@H]([C@@H](C)O)C(=O)N12. The summed E-state index contributed by atoms with van der Waals surface area (Å²) in [6, 6.07) is -0.280. The highest BCUT2D eigenvalue weighted by Gasteiger charge is 2.62. The number of hydrogen-bond acceptors (Lipinski definition) is 8. The molecule has 9 nitrogen and oxygen atoms in total. The fraction of sp³-hybridized carbons (Fsp3) is 0.500. The molecule has 2 amide bonds. The molecule has 0 spiro atoms. The first-order valence-electron chi connectivity index (χ1n) is 11.4. The highest BCUT2D eigenvalue weighted by Crippen LogP contribution is 2.54. The molecule has 1 N–H and O–H groups in total. The summed E-state index contributed by atoms with van der Waals surface area (Å²) in [7, 11) is 0. The molecule has 1 saturated heterocycles. The van der Waals surface area contributed by atoms with Gasteiger partial charge in [-0.3, -0.25) is 9.69 Å². The van der Waals surface area contributed by atoms with Crippen molar-refractivity contribution in [1.82, 2.24) is 9.88 Å². The first-order chi connectivity index (χ1) is 16.4. The van der Waals surface area contributed by atoms with Gasteiger partial charge in [0.1, 0.15) is 18.9 Å². The van der Waals surface area contributed by atoms with Crippen LogP contribution in [0.4, 0.5) is 9.93 Å². The normalized spacial score (nSPS) is 26.2. The van der Waals surface area contributed by atoms with Crippen molar-refractivity contribution in [2.45, 2.75) is 38.3 Å². The molecule has 3 heterocycles. The summed E-state index contributed by atoms with van der Waals surface area (Å²) >= 11 is 1.31. The van der Waals surface area contributed by atoms with E-state index in [1.807, 2.05) is 0 Å². The van der Waals surface area contributed by atoms with Gasteiger partial charge in [-0.1, -0.05) is 31.7 Å². The quantitative estimate of drug-likeness (QED) is 0.324. The Morgan fingerprint density at radius 1 is 1.32 bits per heavy atom. The second-order valence-corrected chi connectivity index (χ2v) is 9.55. The number of ether oxygens (including phenoxy) is 2. The third-order valence-corrected chi connectivity index (χ3v) is 7.46. The number of aromatic nitrogens is 1. The number of anilines is 1. The molecule has 1 aliphatic carbocycles. The van der Waals surface area contributed by atoms with Crippen molar-refractivity contribution in [3.8, 4) is 0 Å². The fourth-order valence-electron chi connectivity index (χ4n) is 5.39. The highest BCUT2D eigenvalue weighted by molar-refractivity contribution is 7.13. The Balaban J connectivity index is 1.70. The van der Waals surface area contributed by atoms with E-state index in [4.69, 9.17) is 9.47 Å². The highest BCUT2D eigenvalue weighted by atomic mass is 32.1. The van der Waals surface area contributed by atoms with Crippen molar-refractivity contribution in [2.24, 2.45) is 17.8 Å². The molecule has 1 saturated carbocycles. The van der Waals surface area contributed by atoms with Crippen LogP contribution in [0.1, 0.15) is 26.2 Å². The number of carbonyl (C=O) groups is 3. The van der Waals surface area contributed by atoms with Crippen LogP contribution >= 0.6 is 11.3 Å². The molecule has 1 aromatic heterocycles. The number of amides is 2. The topological polar surface area (TPSA) is 109 Å². The Bertz CT molecular complexity index is 1000. The van der Waals surface area contributed by atoms with Gasteiger partial charge in [-0.25, -0.2) is 14.6 Å². The van der Waals surface area contributed by atoms with Crippen molar-refractivity contribution >= 4 is 34.4 Å². The Hall–Kier alpha value is -2.98. The third kappa shape index (κ3) is 4.16. The summed E-state index contributed by atoms with van der Waals surface area (Å²) < 4.78 is 10.6. The van der Waals surface area contributed by atoms with Gasteiger partial charge < -0.3 is 19.5 Å². The van der Waals surface area contributed by atoms with Crippen molar-refractivity contribution in [3.63, 3.8) is 0 Å². The lowest BCUT2D eigenvalue weighted by atomic mass is 9.69. The lowest BCUT2D eigenvalue weighted by Gasteiger charge is -2.47. The molecule has 10 heteroatoms. The Morgan fingerprint density at radius 2 is 2.06 bits per heavy atom. The summed E-state index contributed by atoms with van der Waals surface area (Å²) in [4.78, 5) is 46.2. The average molecular weight is 488 g/mol. The van der Waals surface area contributed by atoms with Gasteiger partial charge in [0.15, 0.2) is 5.13 Å². The van der Waals surface area contributed by atoms with Gasteiger partial charge in [-0.15, -0.1) is 11.3 Å². The molecule has 5 atom stereocenters. The molecular formula is C24H29N3O6S. The predicted octanol–water partition coefficient (Wildman–Crippen LogP) is 2.89. The number of nitrogens with zero attached hydrogens (tertiary/aromatic N) is 3. The number of aliphatic hydroxyl groups excluding tert-OH is 1. The number of aliphatic hydroxyl groups is 1. The van der Waals surface area contributed by atoms with E-state index in [9.17, 15) is 19.5 Å². The van der Waals surface area contributed by atoms with Gasteiger partial charge in [-0.2, -0.15) is 0 Å². The fourth-order valence-corrected chi connectivity index (χ4v) is 6.03. The number of hydrogen-bond donors (Lipinski definition) is 1. The van der Waals surface area contributed by atoms with E-state index in [-0.39, 0.29) is 49.2 Å². The summed E-state index contributed by atoms with van der Waals surface area (Å²) in [5, 5.41) is 12.5. The van der Waals surface area contributed by atoms with Crippen LogP contribution in [-0.2, 0) is 19.1 Å². The van der Waals surface area contributed by atoms with Crippen molar-refractivity contribution in [1.29, 1.82) is 0 Å². The third-order valence-electron chi connectivity index (χ3n) is 6.67. The van der Waals surface area contributed by atoms with Crippen LogP contribution in [0.2, 0.25) is 0 Å². The molecule has 182 valence electrons. The maximum absolute atomic E-state index is 13.1. The summed E-state index contributed by atoms with van der Waals surface area (Å²) in [6.45, 7) is 9.12. The number of fused-ring (bicyclic) bond motifs is 3. The van der Waals surface area contributed by atoms with Crippen molar-refractivity contribution in [2.75, 3.05) is 24.7 Å². The Morgan fingerprint density at radius 3 is 2.71 bits per heavy atom. The van der Waals surface area contributed by atoms with E-state index in [0.717, 1.165) is 24.8 Å². The second kappa shape index (κ2) is 10.1. The molecule has 4 rings (SSSR count). The van der Waals surface area contributed by atoms with Gasteiger partial charge in [0.05, 0.1) is 18.1 Å². The zero-order valence-corrected chi connectivity index (χ0v) is 19.9. The minimum Gasteiger partial charge on any atom is -0.457 e. The van der Waals surface area contributed by atoms with Crippen LogP contribution in [0.15, 0.2) is 48.2 Å². The van der Waals surface area contributed by atoms with Crippen LogP contribution in [0.3, 0.4) is 0 Å². The van der Waals surface area contributed by atoms with E-state index < -0.39 is 24.1 Å². The maximum Gasteiger partial charge on any atom is 0.416 e. The van der Waals surface area contributed by atoms with Gasteiger partial charge in [0, 0.05) is 30.0 Å². The molecule has 0 radical (unpaired) electrons. The van der Waals surface area contributed by atoms with Gasteiger partial charge in [0.2, 0.25) is 5.91 Å². The molecule has 34 heavy (non-hydrogen) atoms. The molecule has 2 fully saturated rings. The number of esters is 1. The zero-order valence-electron chi connectivity index (χ0n) is 19.1. The van der Waals surface area contributed by atoms with Crippen LogP contribution in [-0.4, -0.2) is 64.9 Å². The molecule has 3 aliphatic rings. The van der Waals surface area contributed by atoms with Crippen LogP contribution < -0.4 is 4.90 Å². The maximum atomic E-state index is 13.1. The van der Waals surface area contributed by atoms with E-state index in [0.29, 0.717) is 5.13 Å². The smallest absolute Gasteiger partial charge is 0.416 e. The molecule has 0 aromatic carbocycles. The lowest BCUT2D eigenvalue weighted by molar-refractivity contribution is -0.164. The molecular weight excluding hydrogens is 458 g/mol. The summed E-state index contributed by atoms with van der Waals surface area (Å²) in [5.41, 5.74) is 1.07. The first-order valence-corrected chi connectivity index (χ1v) is 12.3. The number of β-lactam (4-membered cyclic amide) rings is 1. The van der Waals surface area contributed by atoms with Gasteiger partial charge >= 0.3 is 12.1 Å². The average Bonchev–Trinajstić information content (AvgIpc) is 3.44. The predicted molar refractivity (Wildman–Crippen MR) is 126 cm³/mol. The van der Waals surface area contributed by atoms with Gasteiger partial charge in [-0.05, 0) is 25.3 Å². The zero-order chi connectivity index (χ0) is 24.4. The lowest BCUT2D eigenvalue weighted by Crippen LogP contribution is -2.64. The molecule has 0 bridgehead atoms. The first kappa shape index (κ1) is 24.2. The largest absolute Gasteiger partial charge is 0.457 e. The van der Waals surface area contributed by atoms with Crippen molar-refractivity contribution in [3.05, 3.63) is 48.2 Å². The van der Waals surface area contributed by atoms with Crippen LogP contribution in [0, 0.1) is 17.8 Å². The molecule has 2 aliphatic heterocycles. The van der Waals surface area contributed by atoms with Crippen molar-refractivity contribution < 1.29 is 29.0 Å². The van der Waals surface area contributed by atoms with Gasteiger partial charge in [0.25, 0.3) is 0 Å².